The largest absolute Gasteiger partial charge is 0.508 e. The van der Waals surface area contributed by atoms with Crippen molar-refractivity contribution in [2.24, 2.45) is 5.92 Å². The van der Waals surface area contributed by atoms with Crippen molar-refractivity contribution in [3.63, 3.8) is 0 Å². The van der Waals surface area contributed by atoms with Gasteiger partial charge in [-0.05, 0) is 49.3 Å². The summed E-state index contributed by atoms with van der Waals surface area (Å²) in [6, 6.07) is 8.39. The standard InChI is InChI=1S/C18H28N2O/c1-3-18(4-2)13-19-17(15-7-8-15)12-20(18)11-14-5-9-16(21)10-6-14/h5-6,9-10,15,17,19,21H,3-4,7-8,11-13H2,1-2H3. The molecular weight excluding hydrogens is 260 g/mol. The maximum Gasteiger partial charge on any atom is 0.115 e. The number of phenols is 1. The zero-order chi connectivity index (χ0) is 14.9. The lowest BCUT2D eigenvalue weighted by atomic mass is 9.86. The van der Waals surface area contributed by atoms with Gasteiger partial charge >= 0.3 is 0 Å². The van der Waals surface area contributed by atoms with Crippen molar-refractivity contribution in [1.82, 2.24) is 10.2 Å². The second kappa shape index (κ2) is 5.98. The molecule has 1 aromatic rings. The van der Waals surface area contributed by atoms with Crippen molar-refractivity contribution in [1.29, 1.82) is 0 Å². The molecule has 2 N–H and O–H groups in total. The van der Waals surface area contributed by atoms with Crippen molar-refractivity contribution in [3.05, 3.63) is 29.8 Å². The van der Waals surface area contributed by atoms with Crippen molar-refractivity contribution < 1.29 is 5.11 Å². The molecule has 2 aliphatic rings. The van der Waals surface area contributed by atoms with Gasteiger partial charge in [0.15, 0.2) is 0 Å². The second-order valence-electron chi connectivity index (χ2n) is 6.80. The quantitative estimate of drug-likeness (QED) is 0.874. The van der Waals surface area contributed by atoms with E-state index in [1.165, 1.54) is 31.2 Å². The summed E-state index contributed by atoms with van der Waals surface area (Å²) in [4.78, 5) is 2.69. The fraction of sp³-hybridized carbons (Fsp3) is 0.667. The van der Waals surface area contributed by atoms with Crippen LogP contribution in [0.2, 0.25) is 0 Å². The van der Waals surface area contributed by atoms with Crippen LogP contribution < -0.4 is 5.32 Å². The van der Waals surface area contributed by atoms with Crippen LogP contribution in [0.4, 0.5) is 0 Å². The minimum absolute atomic E-state index is 0.281. The summed E-state index contributed by atoms with van der Waals surface area (Å²) < 4.78 is 0. The fourth-order valence-corrected chi connectivity index (χ4v) is 3.74. The van der Waals surface area contributed by atoms with Gasteiger partial charge in [-0.2, -0.15) is 0 Å². The van der Waals surface area contributed by atoms with E-state index in [1.807, 2.05) is 0 Å². The van der Waals surface area contributed by atoms with Crippen molar-refractivity contribution in [2.45, 2.75) is 57.7 Å². The molecule has 1 atom stereocenters. The van der Waals surface area contributed by atoms with Crippen molar-refractivity contribution in [2.75, 3.05) is 13.1 Å². The third-order valence-corrected chi connectivity index (χ3v) is 5.60. The van der Waals surface area contributed by atoms with Crippen LogP contribution in [0.25, 0.3) is 0 Å². The fourth-order valence-electron chi connectivity index (χ4n) is 3.74. The van der Waals surface area contributed by atoms with E-state index in [0.717, 1.165) is 25.6 Å². The van der Waals surface area contributed by atoms with Crippen LogP contribution >= 0.6 is 0 Å². The predicted octanol–water partition coefficient (Wildman–Crippen LogP) is 3.13. The molecule has 3 rings (SSSR count). The second-order valence-corrected chi connectivity index (χ2v) is 6.80. The topological polar surface area (TPSA) is 35.5 Å². The first kappa shape index (κ1) is 14.9. The van der Waals surface area contributed by atoms with Gasteiger partial charge in [0.2, 0.25) is 0 Å². The summed E-state index contributed by atoms with van der Waals surface area (Å²) in [6.07, 6.45) is 5.17. The van der Waals surface area contributed by atoms with Crippen LogP contribution in [0.15, 0.2) is 24.3 Å². The zero-order valence-electron chi connectivity index (χ0n) is 13.3. The molecule has 1 unspecified atom stereocenters. The Morgan fingerprint density at radius 2 is 1.86 bits per heavy atom. The molecule has 1 saturated heterocycles. The third kappa shape index (κ3) is 3.09. The van der Waals surface area contributed by atoms with Gasteiger partial charge < -0.3 is 10.4 Å². The lowest BCUT2D eigenvalue weighted by Gasteiger charge is -2.50. The molecule has 0 radical (unpaired) electrons. The average molecular weight is 288 g/mol. The smallest absolute Gasteiger partial charge is 0.115 e. The van der Waals surface area contributed by atoms with Gasteiger partial charge in [0.25, 0.3) is 0 Å². The first-order chi connectivity index (χ1) is 10.2. The Morgan fingerprint density at radius 1 is 1.19 bits per heavy atom. The van der Waals surface area contributed by atoms with E-state index in [1.54, 1.807) is 12.1 Å². The van der Waals surface area contributed by atoms with E-state index in [4.69, 9.17) is 0 Å². The monoisotopic (exact) mass is 288 g/mol. The molecule has 1 aliphatic heterocycles. The molecule has 1 aliphatic carbocycles. The molecule has 21 heavy (non-hydrogen) atoms. The Balaban J connectivity index is 1.76. The van der Waals surface area contributed by atoms with Gasteiger partial charge in [0, 0.05) is 31.2 Å². The SMILES string of the molecule is CCC1(CC)CNC(C2CC2)CN1Cc1ccc(O)cc1. The maximum atomic E-state index is 9.46. The molecular formula is C18H28N2O. The maximum absolute atomic E-state index is 9.46. The first-order valence-electron chi connectivity index (χ1n) is 8.43. The van der Waals surface area contributed by atoms with Gasteiger partial charge in [-0.3, -0.25) is 4.90 Å². The van der Waals surface area contributed by atoms with E-state index in [9.17, 15) is 5.11 Å². The summed E-state index contributed by atoms with van der Waals surface area (Å²) >= 11 is 0. The average Bonchev–Trinajstić information content (AvgIpc) is 3.34. The highest BCUT2D eigenvalue weighted by molar-refractivity contribution is 5.26. The summed E-state index contributed by atoms with van der Waals surface area (Å²) in [5, 5.41) is 13.3. The summed E-state index contributed by atoms with van der Waals surface area (Å²) in [5.41, 5.74) is 1.58. The van der Waals surface area contributed by atoms with Gasteiger partial charge in [0.05, 0.1) is 0 Å². The summed E-state index contributed by atoms with van der Waals surface area (Å²) in [5.74, 6) is 1.26. The minimum atomic E-state index is 0.281. The Hall–Kier alpha value is -1.06. The minimum Gasteiger partial charge on any atom is -0.508 e. The van der Waals surface area contributed by atoms with Gasteiger partial charge in [-0.25, -0.2) is 0 Å². The van der Waals surface area contributed by atoms with E-state index >= 15 is 0 Å². The number of hydrogen-bond acceptors (Lipinski definition) is 3. The molecule has 2 fully saturated rings. The highest BCUT2D eigenvalue weighted by Gasteiger charge is 2.43. The molecule has 3 nitrogen and oxygen atoms in total. The highest BCUT2D eigenvalue weighted by atomic mass is 16.3. The number of rotatable bonds is 5. The van der Waals surface area contributed by atoms with Crippen LogP contribution in [0, 0.1) is 5.92 Å². The first-order valence-corrected chi connectivity index (χ1v) is 8.43. The molecule has 1 aromatic carbocycles. The molecule has 0 aromatic heterocycles. The van der Waals surface area contributed by atoms with Crippen LogP contribution in [0.1, 0.15) is 45.1 Å². The van der Waals surface area contributed by atoms with Crippen molar-refractivity contribution >= 4 is 0 Å². The van der Waals surface area contributed by atoms with Crippen LogP contribution in [0.5, 0.6) is 5.75 Å². The lowest BCUT2D eigenvalue weighted by molar-refractivity contribution is 0.0202. The van der Waals surface area contributed by atoms with E-state index < -0.39 is 0 Å². The van der Waals surface area contributed by atoms with Gasteiger partial charge in [-0.15, -0.1) is 0 Å². The predicted molar refractivity (Wildman–Crippen MR) is 86.3 cm³/mol. The number of nitrogens with one attached hydrogen (secondary N) is 1. The Morgan fingerprint density at radius 3 is 2.43 bits per heavy atom. The molecule has 3 heteroatoms. The lowest BCUT2D eigenvalue weighted by Crippen LogP contribution is -2.64. The molecule has 1 saturated carbocycles. The number of aromatic hydroxyl groups is 1. The molecule has 116 valence electrons. The Kier molecular flexibility index (Phi) is 4.23. The Bertz CT molecular complexity index is 463. The third-order valence-electron chi connectivity index (χ3n) is 5.60. The summed E-state index contributed by atoms with van der Waals surface area (Å²) in [6.45, 7) is 7.89. The van der Waals surface area contributed by atoms with Crippen LogP contribution in [0.3, 0.4) is 0 Å². The number of piperazine rings is 1. The molecule has 0 amide bonds. The van der Waals surface area contributed by atoms with Gasteiger partial charge in [0.1, 0.15) is 5.75 Å². The molecule has 0 bridgehead atoms. The van der Waals surface area contributed by atoms with Crippen LogP contribution in [-0.2, 0) is 6.54 Å². The van der Waals surface area contributed by atoms with E-state index in [-0.39, 0.29) is 5.54 Å². The number of hydrogen-bond donors (Lipinski definition) is 2. The normalized spacial score (nSPS) is 25.9. The number of phenolic OH excluding ortho intramolecular Hbond substituents is 1. The van der Waals surface area contributed by atoms with Crippen LogP contribution in [-0.4, -0.2) is 34.7 Å². The Labute approximate surface area is 128 Å². The summed E-state index contributed by atoms with van der Waals surface area (Å²) in [7, 11) is 0. The van der Waals surface area contributed by atoms with Crippen molar-refractivity contribution in [3.8, 4) is 5.75 Å². The van der Waals surface area contributed by atoms with E-state index in [0.29, 0.717) is 11.8 Å². The number of benzene rings is 1. The number of nitrogens with zero attached hydrogens (tertiary/aromatic N) is 1. The van der Waals surface area contributed by atoms with Gasteiger partial charge in [-0.1, -0.05) is 26.0 Å². The zero-order valence-corrected chi connectivity index (χ0v) is 13.3. The highest BCUT2D eigenvalue weighted by Crippen LogP contribution is 2.37. The molecule has 1 heterocycles. The van der Waals surface area contributed by atoms with E-state index in [2.05, 4.69) is 36.2 Å². The molecule has 0 spiro atoms.